The second kappa shape index (κ2) is 3.79. The summed E-state index contributed by atoms with van der Waals surface area (Å²) in [7, 11) is 0. The van der Waals surface area contributed by atoms with Gasteiger partial charge in [0.25, 0.3) is 0 Å². The molecule has 0 radical (unpaired) electrons. The largest absolute Gasteiger partial charge is 0.541 e. The van der Waals surface area contributed by atoms with Crippen molar-refractivity contribution < 1.29 is 25.9 Å². The van der Waals surface area contributed by atoms with Gasteiger partial charge in [-0.3, -0.25) is 6.29 Å². The maximum absolute atomic E-state index is 9.78. The van der Waals surface area contributed by atoms with Gasteiger partial charge in [0.1, 0.15) is 0 Å². The van der Waals surface area contributed by atoms with E-state index in [0.29, 0.717) is 0 Å². The number of carbonyl (C=O) groups excluding carboxylic acids is 1. The van der Waals surface area contributed by atoms with Crippen LogP contribution in [0.5, 0.6) is 0 Å². The van der Waals surface area contributed by atoms with Crippen LogP contribution in [0.1, 0.15) is 0 Å². The fraction of sp³-hybridized carbons (Fsp3) is 0.167. The monoisotopic (exact) mass is 191 g/mol. The van der Waals surface area contributed by atoms with E-state index in [4.69, 9.17) is 0 Å². The first-order chi connectivity index (χ1) is 3.43. The van der Waals surface area contributed by atoms with Crippen molar-refractivity contribution in [3.63, 3.8) is 0 Å². The molecule has 0 aliphatic heterocycles. The van der Waals surface area contributed by atoms with Gasteiger partial charge in [-0.1, -0.05) is 12.2 Å². The van der Waals surface area contributed by atoms with Gasteiger partial charge in [0, 0.05) is 21.1 Å². The molecule has 2 heteroatoms. The van der Waals surface area contributed by atoms with Gasteiger partial charge < -0.3 is 4.79 Å². The van der Waals surface area contributed by atoms with E-state index in [9.17, 15) is 4.79 Å². The molecule has 0 amide bonds. The Morgan fingerprint density at radius 2 is 1.75 bits per heavy atom. The van der Waals surface area contributed by atoms with E-state index in [1.54, 1.807) is 12.2 Å². The van der Waals surface area contributed by atoms with Crippen molar-refractivity contribution in [2.75, 3.05) is 0 Å². The van der Waals surface area contributed by atoms with Crippen LogP contribution in [0.25, 0.3) is 0 Å². The smallest absolute Gasteiger partial charge is 0 e. The van der Waals surface area contributed by atoms with Crippen molar-refractivity contribution in [2.45, 2.75) is 0 Å². The number of rotatable bonds is 1. The molecule has 1 aliphatic carbocycles. The third kappa shape index (κ3) is 1.75. The number of hydrogen-bond donors (Lipinski definition) is 0. The van der Waals surface area contributed by atoms with Gasteiger partial charge >= 0.3 is 0 Å². The molecule has 0 aromatic heterocycles. The standard InChI is InChI=1S/C6H5O.Mo/c7-5-6-3-1-2-4-6;/h1-4,6H;/q-1;. The van der Waals surface area contributed by atoms with Crippen molar-refractivity contribution in [1.29, 1.82) is 0 Å². The van der Waals surface area contributed by atoms with Crippen molar-refractivity contribution >= 4 is 6.29 Å². The van der Waals surface area contributed by atoms with Crippen LogP contribution >= 0.6 is 0 Å². The summed E-state index contributed by atoms with van der Waals surface area (Å²) < 4.78 is 0. The summed E-state index contributed by atoms with van der Waals surface area (Å²) >= 11 is 0. The fourth-order valence-electron chi connectivity index (χ4n) is 0.510. The van der Waals surface area contributed by atoms with Gasteiger partial charge in [-0.05, 0) is 0 Å². The molecule has 0 atom stereocenters. The number of allylic oxidation sites excluding steroid dienone is 4. The van der Waals surface area contributed by atoms with Crippen LogP contribution in [0, 0.1) is 5.92 Å². The topological polar surface area (TPSA) is 17.1 Å². The minimum atomic E-state index is -0.0694. The molecule has 42 valence electrons. The van der Waals surface area contributed by atoms with Gasteiger partial charge in [-0.15, -0.1) is 18.1 Å². The molecule has 1 rings (SSSR count). The molecule has 0 aromatic carbocycles. The van der Waals surface area contributed by atoms with Crippen molar-refractivity contribution in [3.8, 4) is 0 Å². The summed E-state index contributed by atoms with van der Waals surface area (Å²) in [5, 5.41) is 0. The first-order valence-corrected chi connectivity index (χ1v) is 2.16. The van der Waals surface area contributed by atoms with Crippen LogP contribution in [0.2, 0.25) is 0 Å². The third-order valence-corrected chi connectivity index (χ3v) is 0.884. The SMILES string of the molecule is O=[C-]C1C=CC=C1.[Mo]. The maximum Gasteiger partial charge on any atom is 0 e. The summed E-state index contributed by atoms with van der Waals surface area (Å²) in [4.78, 5) is 9.78. The van der Waals surface area contributed by atoms with Gasteiger partial charge in [0.2, 0.25) is 0 Å². The second-order valence-electron chi connectivity index (χ2n) is 1.41. The second-order valence-corrected chi connectivity index (χ2v) is 1.41. The van der Waals surface area contributed by atoms with E-state index in [1.807, 2.05) is 18.4 Å². The van der Waals surface area contributed by atoms with Crippen LogP contribution in [0.15, 0.2) is 24.3 Å². The molecule has 1 nitrogen and oxygen atoms in total. The van der Waals surface area contributed by atoms with Crippen LogP contribution in [0.3, 0.4) is 0 Å². The normalized spacial score (nSPS) is 16.0. The van der Waals surface area contributed by atoms with Gasteiger partial charge in [-0.2, -0.15) is 0 Å². The molecule has 0 saturated heterocycles. The Labute approximate surface area is 62.7 Å². The number of hydrogen-bond acceptors (Lipinski definition) is 1. The fourth-order valence-corrected chi connectivity index (χ4v) is 0.510. The predicted octanol–water partition coefficient (Wildman–Crippen LogP) is 0.836. The molecule has 0 spiro atoms. The van der Waals surface area contributed by atoms with E-state index in [2.05, 4.69) is 0 Å². The zero-order valence-corrected chi connectivity index (χ0v) is 6.21. The molecule has 0 heterocycles. The van der Waals surface area contributed by atoms with Crippen molar-refractivity contribution in [1.82, 2.24) is 0 Å². The Hall–Kier alpha value is -0.162. The van der Waals surface area contributed by atoms with E-state index in [0.717, 1.165) is 0 Å². The Morgan fingerprint density at radius 3 is 2.00 bits per heavy atom. The summed E-state index contributed by atoms with van der Waals surface area (Å²) in [5.41, 5.74) is 0. The summed E-state index contributed by atoms with van der Waals surface area (Å²) in [6.07, 6.45) is 9.12. The van der Waals surface area contributed by atoms with Crippen molar-refractivity contribution in [2.24, 2.45) is 5.92 Å². The average molecular weight is 189 g/mol. The average Bonchev–Trinajstić information content (AvgIpc) is 2.14. The van der Waals surface area contributed by atoms with E-state index in [-0.39, 0.29) is 27.0 Å². The van der Waals surface area contributed by atoms with Crippen LogP contribution < -0.4 is 0 Å². The summed E-state index contributed by atoms with van der Waals surface area (Å²) in [6.45, 7) is 0. The quantitative estimate of drug-likeness (QED) is 0.441. The molecule has 0 saturated carbocycles. The zero-order valence-electron chi connectivity index (χ0n) is 4.20. The zero-order chi connectivity index (χ0) is 5.11. The molecular formula is C6H5MoO-. The molecule has 0 N–H and O–H groups in total. The van der Waals surface area contributed by atoms with Gasteiger partial charge in [0.05, 0.1) is 0 Å². The summed E-state index contributed by atoms with van der Waals surface area (Å²) in [6, 6.07) is 0. The van der Waals surface area contributed by atoms with Crippen LogP contribution in [-0.4, -0.2) is 6.29 Å². The first kappa shape index (κ1) is 7.84. The first-order valence-electron chi connectivity index (χ1n) is 2.16. The van der Waals surface area contributed by atoms with E-state index < -0.39 is 0 Å². The summed E-state index contributed by atoms with van der Waals surface area (Å²) in [5.74, 6) is -0.0694. The molecule has 1 aliphatic rings. The van der Waals surface area contributed by atoms with Gasteiger partial charge in [0.15, 0.2) is 0 Å². The Bertz CT molecular complexity index is 114. The molecule has 8 heavy (non-hydrogen) atoms. The molecule has 0 unspecified atom stereocenters. The van der Waals surface area contributed by atoms with Crippen LogP contribution in [-0.2, 0) is 25.9 Å². The Balaban J connectivity index is 0.000000490. The maximum atomic E-state index is 9.78. The Morgan fingerprint density at radius 1 is 1.25 bits per heavy atom. The van der Waals surface area contributed by atoms with E-state index in [1.165, 1.54) is 0 Å². The Kier molecular flexibility index (Phi) is 3.72. The minimum absolute atomic E-state index is 0. The molecule has 0 aromatic rings. The molecule has 0 bridgehead atoms. The van der Waals surface area contributed by atoms with Gasteiger partial charge in [-0.25, -0.2) is 0 Å². The molecular weight excluding hydrogens is 184 g/mol. The van der Waals surface area contributed by atoms with Crippen molar-refractivity contribution in [3.05, 3.63) is 24.3 Å². The molecule has 0 fully saturated rings. The minimum Gasteiger partial charge on any atom is -0.541 e. The van der Waals surface area contributed by atoms with Crippen LogP contribution in [0.4, 0.5) is 0 Å². The third-order valence-electron chi connectivity index (χ3n) is 0.884. The van der Waals surface area contributed by atoms with E-state index >= 15 is 0 Å². The predicted molar refractivity (Wildman–Crippen MR) is 27.5 cm³/mol.